The molecule has 14 heavy (non-hydrogen) atoms. The number of nitrogens with zero attached hydrogens (tertiary/aromatic N) is 2. The fraction of sp³-hybridized carbons (Fsp3) is 0.667. The van der Waals surface area contributed by atoms with Gasteiger partial charge in [0.1, 0.15) is 0 Å². The van der Waals surface area contributed by atoms with Crippen LogP contribution in [0.2, 0.25) is 0 Å². The van der Waals surface area contributed by atoms with Crippen LogP contribution in [0.3, 0.4) is 0 Å². The molecule has 0 spiro atoms. The molecule has 0 aromatic carbocycles. The zero-order chi connectivity index (χ0) is 10.3. The number of hydrogen-bond donors (Lipinski definition) is 0. The number of halogens is 1. The van der Waals surface area contributed by atoms with Gasteiger partial charge in [-0.15, -0.1) is 0 Å². The smallest absolute Gasteiger partial charge is 1.00 e. The van der Waals surface area contributed by atoms with E-state index in [2.05, 4.69) is 49.7 Å². The van der Waals surface area contributed by atoms with Gasteiger partial charge in [-0.1, -0.05) is 8.64 Å². The third-order valence-electron chi connectivity index (χ3n) is 0.730. The molecule has 0 saturated carbocycles. The van der Waals surface area contributed by atoms with E-state index in [1.165, 1.54) is 0 Å². The first-order chi connectivity index (χ1) is 5.29. The molecule has 0 aromatic rings. The van der Waals surface area contributed by atoms with Crippen molar-refractivity contribution >= 4 is 58.3 Å². The van der Waals surface area contributed by atoms with Gasteiger partial charge in [0, 0.05) is 28.2 Å². The SMILES string of the molecule is CN(C)C(=S)[S-].CN(C)C(=S)[S-].[Cl-].[Zr+3]. The van der Waals surface area contributed by atoms with Gasteiger partial charge in [0.2, 0.25) is 0 Å². The molecule has 1 radical (unpaired) electrons. The molecule has 0 atom stereocenters. The van der Waals surface area contributed by atoms with Crippen LogP contribution in [-0.2, 0) is 51.5 Å². The van der Waals surface area contributed by atoms with Gasteiger partial charge in [0.05, 0.1) is 0 Å². The number of hydrogen-bond acceptors (Lipinski definition) is 4. The molecule has 0 bridgehead atoms. The van der Waals surface area contributed by atoms with Crippen LogP contribution in [0, 0.1) is 0 Å². The zero-order valence-electron chi connectivity index (χ0n) is 8.41. The average molecular weight is 367 g/mol. The van der Waals surface area contributed by atoms with Gasteiger partial charge in [-0.05, 0) is 0 Å². The van der Waals surface area contributed by atoms with Crippen molar-refractivity contribution in [2.24, 2.45) is 0 Å². The van der Waals surface area contributed by atoms with Gasteiger partial charge in [-0.25, -0.2) is 0 Å². The van der Waals surface area contributed by atoms with Crippen molar-refractivity contribution in [1.29, 1.82) is 0 Å². The van der Waals surface area contributed by atoms with Crippen molar-refractivity contribution in [3.8, 4) is 0 Å². The molecule has 0 saturated heterocycles. The first kappa shape index (κ1) is 24.6. The Labute approximate surface area is 134 Å². The Balaban J connectivity index is -0.0000000625. The Kier molecular flexibility index (Phi) is 25.3. The Morgan fingerprint density at radius 3 is 0.929 bits per heavy atom. The molecule has 0 aliphatic rings. The molecule has 8 heteroatoms. The standard InChI is InChI=1S/2C3H7NS2.ClH.Zr/c2*1-4(2)3(5)6;;/h2*1-2H3,(H,5,6);1H;/q;;;+3/p-3. The quantitative estimate of drug-likeness (QED) is 0.351. The van der Waals surface area contributed by atoms with E-state index in [0.29, 0.717) is 8.64 Å². The first-order valence-corrected chi connectivity index (χ1v) is 4.69. The van der Waals surface area contributed by atoms with Crippen LogP contribution in [0.1, 0.15) is 0 Å². The van der Waals surface area contributed by atoms with E-state index in [1.807, 2.05) is 28.2 Å². The van der Waals surface area contributed by atoms with Crippen molar-refractivity contribution in [2.45, 2.75) is 0 Å². The summed E-state index contributed by atoms with van der Waals surface area (Å²) in [6.07, 6.45) is 0. The molecule has 0 unspecified atom stereocenters. The van der Waals surface area contributed by atoms with E-state index < -0.39 is 0 Å². The number of rotatable bonds is 0. The molecule has 0 rings (SSSR count). The van der Waals surface area contributed by atoms with Gasteiger partial charge >= 0.3 is 26.2 Å². The van der Waals surface area contributed by atoms with Crippen LogP contribution in [-0.4, -0.2) is 46.6 Å². The summed E-state index contributed by atoms with van der Waals surface area (Å²) in [4.78, 5) is 3.43. The molecule has 0 aliphatic carbocycles. The van der Waals surface area contributed by atoms with E-state index in [9.17, 15) is 0 Å². The summed E-state index contributed by atoms with van der Waals surface area (Å²) in [5.41, 5.74) is 0. The minimum atomic E-state index is 0. The van der Waals surface area contributed by atoms with Crippen LogP contribution < -0.4 is 12.4 Å². The molecule has 0 aromatic heterocycles. The van der Waals surface area contributed by atoms with Crippen molar-refractivity contribution < 1.29 is 38.6 Å². The second-order valence-corrected chi connectivity index (χ2v) is 4.38. The van der Waals surface area contributed by atoms with Crippen molar-refractivity contribution in [3.63, 3.8) is 0 Å². The van der Waals surface area contributed by atoms with E-state index in [4.69, 9.17) is 0 Å². The van der Waals surface area contributed by atoms with Crippen LogP contribution in [0.4, 0.5) is 0 Å². The van der Waals surface area contributed by atoms with Crippen LogP contribution >= 0.6 is 24.4 Å². The van der Waals surface area contributed by atoms with Crippen LogP contribution in [0.5, 0.6) is 0 Å². The van der Waals surface area contributed by atoms with E-state index in [-0.39, 0.29) is 38.6 Å². The van der Waals surface area contributed by atoms with Gasteiger partial charge in [0.25, 0.3) is 0 Å². The van der Waals surface area contributed by atoms with Gasteiger partial charge in [0.15, 0.2) is 0 Å². The summed E-state index contributed by atoms with van der Waals surface area (Å²) in [6.45, 7) is 0. The summed E-state index contributed by atoms with van der Waals surface area (Å²) >= 11 is 18.2. The fourth-order valence-corrected chi connectivity index (χ4v) is 0. The fourth-order valence-electron chi connectivity index (χ4n) is 0. The molecular weight excluding hydrogens is 355 g/mol. The van der Waals surface area contributed by atoms with Crippen LogP contribution in [0.25, 0.3) is 0 Å². The molecule has 2 nitrogen and oxygen atoms in total. The van der Waals surface area contributed by atoms with Gasteiger partial charge in [-0.2, -0.15) is 0 Å². The molecule has 0 aliphatic heterocycles. The summed E-state index contributed by atoms with van der Waals surface area (Å²) in [5.74, 6) is 0. The first-order valence-electron chi connectivity index (χ1n) is 3.05. The second kappa shape index (κ2) is 14.4. The Morgan fingerprint density at radius 2 is 0.929 bits per heavy atom. The maximum absolute atomic E-state index is 4.56. The molecular formula is C6H12ClN2S4Zr. The topological polar surface area (TPSA) is 6.48 Å². The minimum absolute atomic E-state index is 0. The van der Waals surface area contributed by atoms with Crippen molar-refractivity contribution in [3.05, 3.63) is 0 Å². The van der Waals surface area contributed by atoms with Crippen molar-refractivity contribution in [1.82, 2.24) is 9.80 Å². The summed E-state index contributed by atoms with van der Waals surface area (Å²) in [6, 6.07) is 0. The molecule has 0 fully saturated rings. The Bertz CT molecular complexity index is 148. The van der Waals surface area contributed by atoms with E-state index in [1.54, 1.807) is 9.80 Å². The third kappa shape index (κ3) is 23.3. The normalized spacial score (nSPS) is 6.57. The predicted molar refractivity (Wildman–Crippen MR) is 67.3 cm³/mol. The van der Waals surface area contributed by atoms with Gasteiger partial charge in [-0.3, -0.25) is 0 Å². The summed E-state index contributed by atoms with van der Waals surface area (Å²) in [5, 5.41) is 0. The maximum atomic E-state index is 4.56. The Morgan fingerprint density at radius 1 is 0.857 bits per heavy atom. The Hall–Kier alpha value is 1.39. The third-order valence-corrected chi connectivity index (χ3v) is 2.19. The average Bonchev–Trinajstić information content (AvgIpc) is 1.88. The van der Waals surface area contributed by atoms with E-state index >= 15 is 0 Å². The number of thiocarbonyl (C=S) groups is 2. The summed E-state index contributed by atoms with van der Waals surface area (Å²) in [7, 11) is 7.31. The van der Waals surface area contributed by atoms with E-state index in [0.717, 1.165) is 0 Å². The van der Waals surface area contributed by atoms with Gasteiger partial charge < -0.3 is 71.9 Å². The second-order valence-electron chi connectivity index (χ2n) is 2.32. The minimum Gasteiger partial charge on any atom is -1.00 e. The molecule has 0 heterocycles. The predicted octanol–water partition coefficient (Wildman–Crippen LogP) is -2.24. The largest absolute Gasteiger partial charge is 3.00 e. The molecule has 0 amide bonds. The maximum Gasteiger partial charge on any atom is 3.00 e. The van der Waals surface area contributed by atoms with Crippen LogP contribution in [0.15, 0.2) is 0 Å². The summed E-state index contributed by atoms with van der Waals surface area (Å²) < 4.78 is 1.02. The monoisotopic (exact) mass is 365 g/mol. The molecule has 0 N–H and O–H groups in total. The van der Waals surface area contributed by atoms with Crippen molar-refractivity contribution in [2.75, 3.05) is 28.2 Å². The molecule has 81 valence electrons. The zero-order valence-corrected chi connectivity index (χ0v) is 14.9.